The zero-order chi connectivity index (χ0) is 11.7. The van der Waals surface area contributed by atoms with E-state index in [2.05, 4.69) is 12.1 Å². The molecule has 0 amide bonds. The van der Waals surface area contributed by atoms with Crippen molar-refractivity contribution in [2.24, 2.45) is 11.7 Å². The second-order valence-electron chi connectivity index (χ2n) is 4.40. The third-order valence-electron chi connectivity index (χ3n) is 3.44. The lowest BCUT2D eigenvalue weighted by Gasteiger charge is -2.22. The molecule has 1 aromatic carbocycles. The molecular formula is C13H17NO2. The van der Waals surface area contributed by atoms with Crippen LogP contribution in [0.1, 0.15) is 24.0 Å². The number of carbonyl (C=O) groups excluding carboxylic acids is 1. The highest BCUT2D eigenvalue weighted by atomic mass is 16.5. The number of methoxy groups -OCH3 is 1. The first kappa shape index (κ1) is 11.1. The van der Waals surface area contributed by atoms with E-state index < -0.39 is 0 Å². The molecule has 86 valence electrons. The molecule has 0 heterocycles. The summed E-state index contributed by atoms with van der Waals surface area (Å²) in [5, 5.41) is 0. The van der Waals surface area contributed by atoms with Gasteiger partial charge in [0, 0.05) is 12.0 Å². The summed E-state index contributed by atoms with van der Waals surface area (Å²) < 4.78 is 4.79. The number of esters is 1. The number of benzene rings is 1. The van der Waals surface area contributed by atoms with E-state index in [9.17, 15) is 4.79 Å². The van der Waals surface area contributed by atoms with Crippen LogP contribution in [-0.4, -0.2) is 19.1 Å². The quantitative estimate of drug-likeness (QED) is 0.766. The van der Waals surface area contributed by atoms with Gasteiger partial charge in [-0.05, 0) is 17.5 Å². The average molecular weight is 219 g/mol. The smallest absolute Gasteiger partial charge is 0.309 e. The minimum atomic E-state index is -0.183. The van der Waals surface area contributed by atoms with Gasteiger partial charge in [0.05, 0.1) is 13.0 Å². The van der Waals surface area contributed by atoms with E-state index >= 15 is 0 Å². The fraction of sp³-hybridized carbons (Fsp3) is 0.462. The highest BCUT2D eigenvalue weighted by molar-refractivity contribution is 5.73. The van der Waals surface area contributed by atoms with Crippen LogP contribution in [-0.2, 0) is 16.0 Å². The van der Waals surface area contributed by atoms with Gasteiger partial charge in [-0.2, -0.15) is 0 Å². The van der Waals surface area contributed by atoms with Crippen molar-refractivity contribution in [1.82, 2.24) is 0 Å². The summed E-state index contributed by atoms with van der Waals surface area (Å²) in [5.74, 6) is -0.274. The summed E-state index contributed by atoms with van der Waals surface area (Å²) >= 11 is 0. The topological polar surface area (TPSA) is 52.3 Å². The Hall–Kier alpha value is -1.35. The van der Waals surface area contributed by atoms with Crippen LogP contribution in [0.5, 0.6) is 0 Å². The summed E-state index contributed by atoms with van der Waals surface area (Å²) in [6, 6.07) is 8.17. The fourth-order valence-corrected chi connectivity index (χ4v) is 2.63. The molecule has 0 aliphatic heterocycles. The van der Waals surface area contributed by atoms with Crippen molar-refractivity contribution in [3.05, 3.63) is 35.4 Å². The maximum atomic E-state index is 11.6. The molecule has 3 heteroatoms. The molecule has 0 saturated carbocycles. The maximum absolute atomic E-state index is 11.6. The van der Waals surface area contributed by atoms with Gasteiger partial charge in [-0.3, -0.25) is 4.79 Å². The zero-order valence-corrected chi connectivity index (χ0v) is 9.64. The van der Waals surface area contributed by atoms with Crippen molar-refractivity contribution >= 4 is 5.97 Å². The molecule has 2 rings (SSSR count). The summed E-state index contributed by atoms with van der Waals surface area (Å²) in [6.45, 7) is 1.89. The Kier molecular flexibility index (Phi) is 2.97. The van der Waals surface area contributed by atoms with Crippen molar-refractivity contribution in [2.45, 2.75) is 25.3 Å². The lowest BCUT2D eigenvalue weighted by atomic mass is 9.86. The van der Waals surface area contributed by atoms with Crippen LogP contribution in [0.25, 0.3) is 0 Å². The lowest BCUT2D eigenvalue weighted by molar-refractivity contribution is -0.145. The SMILES string of the molecule is COC(=O)C(C)C1c2ccccc2CC1N. The Labute approximate surface area is 95.6 Å². The summed E-state index contributed by atoms with van der Waals surface area (Å²) in [5.41, 5.74) is 8.58. The van der Waals surface area contributed by atoms with Gasteiger partial charge in [0.1, 0.15) is 0 Å². The molecule has 0 radical (unpaired) electrons. The van der Waals surface area contributed by atoms with E-state index in [4.69, 9.17) is 10.5 Å². The van der Waals surface area contributed by atoms with Crippen LogP contribution >= 0.6 is 0 Å². The molecule has 0 spiro atoms. The monoisotopic (exact) mass is 219 g/mol. The predicted molar refractivity (Wildman–Crippen MR) is 62.0 cm³/mol. The molecule has 2 N–H and O–H groups in total. The lowest BCUT2D eigenvalue weighted by Crippen LogP contribution is -2.33. The number of ether oxygens (including phenoxy) is 1. The molecule has 3 atom stereocenters. The molecule has 0 saturated heterocycles. The van der Waals surface area contributed by atoms with Gasteiger partial charge in [0.25, 0.3) is 0 Å². The van der Waals surface area contributed by atoms with E-state index in [0.717, 1.165) is 6.42 Å². The van der Waals surface area contributed by atoms with Crippen molar-refractivity contribution in [3.63, 3.8) is 0 Å². The number of rotatable bonds is 2. The minimum absolute atomic E-state index is 0.0199. The third kappa shape index (κ3) is 1.71. The molecule has 1 aliphatic carbocycles. The highest BCUT2D eigenvalue weighted by Crippen LogP contribution is 2.37. The normalized spacial score (nSPS) is 24.9. The van der Waals surface area contributed by atoms with Crippen molar-refractivity contribution in [3.8, 4) is 0 Å². The van der Waals surface area contributed by atoms with E-state index in [1.54, 1.807) is 0 Å². The van der Waals surface area contributed by atoms with Crippen LogP contribution in [0, 0.1) is 5.92 Å². The number of fused-ring (bicyclic) bond motifs is 1. The predicted octanol–water partition coefficient (Wildman–Crippen LogP) is 1.46. The maximum Gasteiger partial charge on any atom is 0.309 e. The Bertz CT molecular complexity index is 403. The first-order chi connectivity index (χ1) is 7.65. The largest absolute Gasteiger partial charge is 0.469 e. The average Bonchev–Trinajstić information content (AvgIpc) is 2.63. The second kappa shape index (κ2) is 4.26. The van der Waals surface area contributed by atoms with Gasteiger partial charge in [0.2, 0.25) is 0 Å². The Balaban J connectivity index is 2.32. The van der Waals surface area contributed by atoms with Crippen LogP contribution in [0.15, 0.2) is 24.3 Å². The first-order valence-corrected chi connectivity index (χ1v) is 5.56. The number of hydrogen-bond donors (Lipinski definition) is 1. The zero-order valence-electron chi connectivity index (χ0n) is 9.64. The van der Waals surface area contributed by atoms with E-state index in [-0.39, 0.29) is 23.8 Å². The van der Waals surface area contributed by atoms with Gasteiger partial charge in [-0.25, -0.2) is 0 Å². The number of carbonyl (C=O) groups is 1. The summed E-state index contributed by atoms with van der Waals surface area (Å²) in [6.07, 6.45) is 0.849. The molecule has 0 fully saturated rings. The first-order valence-electron chi connectivity index (χ1n) is 5.56. The summed E-state index contributed by atoms with van der Waals surface area (Å²) in [7, 11) is 1.42. The molecule has 1 aromatic rings. The van der Waals surface area contributed by atoms with E-state index in [0.29, 0.717) is 0 Å². The van der Waals surface area contributed by atoms with Crippen LogP contribution in [0.2, 0.25) is 0 Å². The molecular weight excluding hydrogens is 202 g/mol. The number of hydrogen-bond acceptors (Lipinski definition) is 3. The third-order valence-corrected chi connectivity index (χ3v) is 3.44. The van der Waals surface area contributed by atoms with Crippen LogP contribution in [0.3, 0.4) is 0 Å². The van der Waals surface area contributed by atoms with Crippen LogP contribution < -0.4 is 5.73 Å². The molecule has 0 aromatic heterocycles. The van der Waals surface area contributed by atoms with E-state index in [1.165, 1.54) is 18.2 Å². The van der Waals surface area contributed by atoms with Crippen molar-refractivity contribution < 1.29 is 9.53 Å². The van der Waals surface area contributed by atoms with E-state index in [1.807, 2.05) is 19.1 Å². The number of nitrogens with two attached hydrogens (primary N) is 1. The van der Waals surface area contributed by atoms with Gasteiger partial charge >= 0.3 is 5.97 Å². The molecule has 3 nitrogen and oxygen atoms in total. The van der Waals surface area contributed by atoms with Crippen molar-refractivity contribution in [2.75, 3.05) is 7.11 Å². The van der Waals surface area contributed by atoms with Gasteiger partial charge in [-0.1, -0.05) is 31.2 Å². The van der Waals surface area contributed by atoms with Gasteiger partial charge in [0.15, 0.2) is 0 Å². The molecule has 1 aliphatic rings. The second-order valence-corrected chi connectivity index (χ2v) is 4.40. The Morgan fingerprint density at radius 3 is 2.88 bits per heavy atom. The Morgan fingerprint density at radius 1 is 1.50 bits per heavy atom. The Morgan fingerprint density at radius 2 is 2.19 bits per heavy atom. The molecule has 16 heavy (non-hydrogen) atoms. The van der Waals surface area contributed by atoms with Gasteiger partial charge in [-0.15, -0.1) is 0 Å². The van der Waals surface area contributed by atoms with Gasteiger partial charge < -0.3 is 10.5 Å². The minimum Gasteiger partial charge on any atom is -0.469 e. The van der Waals surface area contributed by atoms with Crippen molar-refractivity contribution in [1.29, 1.82) is 0 Å². The fourth-order valence-electron chi connectivity index (χ4n) is 2.63. The van der Waals surface area contributed by atoms with Crippen LogP contribution in [0.4, 0.5) is 0 Å². The molecule has 0 bridgehead atoms. The molecule has 3 unspecified atom stereocenters. The summed E-state index contributed by atoms with van der Waals surface area (Å²) in [4.78, 5) is 11.6. The highest BCUT2D eigenvalue weighted by Gasteiger charge is 2.37. The standard InChI is InChI=1S/C13H17NO2/c1-8(13(15)16-2)12-10-6-4-3-5-9(10)7-11(12)14/h3-6,8,11-12H,7,14H2,1-2H3.